The fourth-order valence-electron chi connectivity index (χ4n) is 4.06. The maximum Gasteiger partial charge on any atom is 0.317 e. The van der Waals surface area contributed by atoms with Crippen LogP contribution in [-0.4, -0.2) is 160 Å². The summed E-state index contributed by atoms with van der Waals surface area (Å²) in [5.74, 6) is -4.23. The Morgan fingerprint density at radius 2 is 0.800 bits per heavy atom. The van der Waals surface area contributed by atoms with Crippen molar-refractivity contribution in [3.63, 3.8) is 0 Å². The van der Waals surface area contributed by atoms with Gasteiger partial charge in [-0.15, -0.1) is 0 Å². The summed E-state index contributed by atoms with van der Waals surface area (Å²) in [4.78, 5) is 77.8. The van der Waals surface area contributed by atoms with Crippen LogP contribution in [0.1, 0.15) is 12.8 Å². The van der Waals surface area contributed by atoms with Crippen LogP contribution in [0.25, 0.3) is 0 Å². The molecule has 0 aromatic heterocycles. The van der Waals surface area contributed by atoms with Crippen molar-refractivity contribution in [3.8, 4) is 0 Å². The van der Waals surface area contributed by atoms with E-state index in [1.54, 1.807) is 19.6 Å². The van der Waals surface area contributed by atoms with Crippen molar-refractivity contribution in [2.75, 3.05) is 85.1 Å². The molecule has 14 nitrogen and oxygen atoms in total. The zero-order valence-corrected chi connectivity index (χ0v) is 19.6. The minimum absolute atomic E-state index is 0.0793. The van der Waals surface area contributed by atoms with Gasteiger partial charge in [0.1, 0.15) is 0 Å². The van der Waals surface area contributed by atoms with Crippen LogP contribution < -0.4 is 0 Å². The number of likely N-dealkylation sites (tertiary alicyclic amines) is 1. The van der Waals surface area contributed by atoms with Crippen molar-refractivity contribution >= 4 is 35.5 Å². The number of imide groups is 1. The molecule has 2 aliphatic heterocycles. The number of Topliss-reactive ketones (excluding diaryl/α,β-unsaturated/α-hetero) is 1. The van der Waals surface area contributed by atoms with E-state index in [1.165, 1.54) is 0 Å². The van der Waals surface area contributed by atoms with E-state index < -0.39 is 17.9 Å². The first kappa shape index (κ1) is 28.3. The molecule has 2 saturated heterocycles. The van der Waals surface area contributed by atoms with Crippen LogP contribution in [0.3, 0.4) is 0 Å². The van der Waals surface area contributed by atoms with Crippen LogP contribution in [0.4, 0.5) is 0 Å². The van der Waals surface area contributed by atoms with Gasteiger partial charge in [0.2, 0.25) is 11.8 Å². The van der Waals surface area contributed by atoms with E-state index in [0.29, 0.717) is 13.1 Å². The minimum Gasteiger partial charge on any atom is -0.480 e. The quantitative estimate of drug-likeness (QED) is 0.262. The molecule has 0 bridgehead atoms. The maximum atomic E-state index is 12.6. The predicted octanol–water partition coefficient (Wildman–Crippen LogP) is -2.82. The molecule has 196 valence electrons. The fourth-order valence-corrected chi connectivity index (χ4v) is 4.06. The lowest BCUT2D eigenvalue weighted by Crippen LogP contribution is -2.49. The smallest absolute Gasteiger partial charge is 0.317 e. The number of hydrogen-bond acceptors (Lipinski definition) is 10. The molecule has 0 radical (unpaired) electrons. The normalized spacial score (nSPS) is 20.4. The highest BCUT2D eigenvalue weighted by Crippen LogP contribution is 2.11. The average Bonchev–Trinajstić information content (AvgIpc) is 3.06. The first-order valence-electron chi connectivity index (χ1n) is 11.4. The third kappa shape index (κ3) is 10.5. The molecule has 14 heteroatoms. The van der Waals surface area contributed by atoms with Crippen LogP contribution in [0, 0.1) is 0 Å². The van der Waals surface area contributed by atoms with Crippen molar-refractivity contribution in [2.24, 2.45) is 0 Å². The van der Waals surface area contributed by atoms with Crippen molar-refractivity contribution < 1.29 is 44.1 Å². The number of nitrogens with zero attached hydrogens (tertiary/aromatic N) is 5. The summed E-state index contributed by atoms with van der Waals surface area (Å²) in [6.45, 7) is 1.07. The second-order valence-corrected chi connectivity index (χ2v) is 8.70. The number of hydrogen-bond donors (Lipinski definition) is 3. The van der Waals surface area contributed by atoms with E-state index in [1.807, 2.05) is 0 Å². The molecule has 0 saturated carbocycles. The van der Waals surface area contributed by atoms with Crippen molar-refractivity contribution in [1.82, 2.24) is 24.5 Å². The van der Waals surface area contributed by atoms with E-state index in [0.717, 1.165) is 4.90 Å². The lowest BCUT2D eigenvalue weighted by molar-refractivity contribution is -0.142. The van der Waals surface area contributed by atoms with Crippen LogP contribution in [0.5, 0.6) is 0 Å². The summed E-state index contributed by atoms with van der Waals surface area (Å²) in [6.07, 6.45) is 0.173. The molecule has 0 unspecified atom stereocenters. The van der Waals surface area contributed by atoms with E-state index in [9.17, 15) is 44.1 Å². The molecule has 0 spiro atoms. The topological polar surface area (TPSA) is 179 Å². The number of ketones is 1. The zero-order chi connectivity index (χ0) is 26.0. The molecule has 0 aromatic carbocycles. The maximum absolute atomic E-state index is 12.6. The average molecular weight is 500 g/mol. The summed E-state index contributed by atoms with van der Waals surface area (Å²) >= 11 is 0. The molecule has 2 heterocycles. The van der Waals surface area contributed by atoms with Gasteiger partial charge >= 0.3 is 17.9 Å². The van der Waals surface area contributed by atoms with Gasteiger partial charge in [0.05, 0.1) is 32.7 Å². The Balaban J connectivity index is 2.11. The third-order valence-corrected chi connectivity index (χ3v) is 5.90. The van der Waals surface area contributed by atoms with Gasteiger partial charge in [-0.1, -0.05) is 0 Å². The van der Waals surface area contributed by atoms with Gasteiger partial charge in [-0.2, -0.15) is 0 Å². The summed E-state index contributed by atoms with van der Waals surface area (Å²) in [7, 11) is 0. The molecule has 2 rings (SSSR count). The van der Waals surface area contributed by atoms with E-state index in [4.69, 9.17) is 0 Å². The number of carboxylic acid groups (broad SMARTS) is 3. The van der Waals surface area contributed by atoms with Crippen LogP contribution in [0.2, 0.25) is 0 Å². The van der Waals surface area contributed by atoms with Gasteiger partial charge in [-0.25, -0.2) is 0 Å². The van der Waals surface area contributed by atoms with Gasteiger partial charge in [-0.3, -0.25) is 53.3 Å². The Bertz CT molecular complexity index is 773. The number of rotatable bonds is 10. The number of carbonyl (C=O) groups is 6. The monoisotopic (exact) mass is 499 g/mol. The molecule has 35 heavy (non-hydrogen) atoms. The van der Waals surface area contributed by atoms with E-state index in [2.05, 4.69) is 0 Å². The predicted molar refractivity (Wildman–Crippen MR) is 120 cm³/mol. The molecule has 2 fully saturated rings. The Morgan fingerprint density at radius 1 is 0.514 bits per heavy atom. The minimum atomic E-state index is -1.04. The van der Waals surface area contributed by atoms with Crippen LogP contribution in [-0.2, 0) is 28.8 Å². The number of carbonyl (C=O) groups excluding carboxylic acids is 3. The molecule has 2 aliphatic rings. The number of amides is 2. The van der Waals surface area contributed by atoms with Gasteiger partial charge in [-0.05, 0) is 0 Å². The van der Waals surface area contributed by atoms with Crippen LogP contribution in [0.15, 0.2) is 0 Å². The van der Waals surface area contributed by atoms with Gasteiger partial charge in [0, 0.05) is 65.2 Å². The number of carboxylic acids is 3. The Morgan fingerprint density at radius 3 is 1.09 bits per heavy atom. The molecule has 2 amide bonds. The molecular weight excluding hydrogens is 466 g/mol. The van der Waals surface area contributed by atoms with Gasteiger partial charge in [0.15, 0.2) is 5.78 Å². The van der Waals surface area contributed by atoms with Crippen molar-refractivity contribution in [1.29, 1.82) is 0 Å². The standard InChI is InChI=1S/C21H33N5O9/c27-16(12-26-17(28)1-2-18(26)29)11-22-3-5-23(13-19(30)31)7-9-25(15-21(34)35)10-8-24(6-4-22)14-20(32)33/h1-15H2,(H,30,31)(H,32,33)(H,34,35). The van der Waals surface area contributed by atoms with Gasteiger partial charge in [0.25, 0.3) is 0 Å². The van der Waals surface area contributed by atoms with E-state index in [-0.39, 0.29) is 102 Å². The highest BCUT2D eigenvalue weighted by molar-refractivity contribution is 6.04. The molecule has 0 aliphatic carbocycles. The highest BCUT2D eigenvalue weighted by atomic mass is 16.4. The molecule has 0 atom stereocenters. The largest absolute Gasteiger partial charge is 0.480 e. The lowest BCUT2D eigenvalue weighted by Gasteiger charge is -2.33. The Kier molecular flexibility index (Phi) is 11.2. The summed E-state index contributed by atoms with van der Waals surface area (Å²) in [6, 6.07) is 0. The van der Waals surface area contributed by atoms with Crippen molar-refractivity contribution in [2.45, 2.75) is 12.8 Å². The second kappa shape index (κ2) is 13.8. The first-order chi connectivity index (χ1) is 16.5. The highest BCUT2D eigenvalue weighted by Gasteiger charge is 2.31. The van der Waals surface area contributed by atoms with Gasteiger partial charge < -0.3 is 15.3 Å². The second-order valence-electron chi connectivity index (χ2n) is 8.70. The fraction of sp³-hybridized carbons (Fsp3) is 0.714. The Hall–Kier alpha value is -2.94. The lowest BCUT2D eigenvalue weighted by atomic mass is 10.3. The molecule has 3 N–H and O–H groups in total. The summed E-state index contributed by atoms with van der Waals surface area (Å²) in [5.41, 5.74) is 0. The molecular formula is C21H33N5O9. The third-order valence-electron chi connectivity index (χ3n) is 5.90. The zero-order valence-electron chi connectivity index (χ0n) is 19.6. The number of aliphatic carboxylic acids is 3. The summed E-state index contributed by atoms with van der Waals surface area (Å²) < 4.78 is 0. The SMILES string of the molecule is O=C(O)CN1CCN(CC(=O)O)CCN(CC(=O)CN2C(=O)CCC2=O)CCN(CC(=O)O)CC1. The Labute approximate surface area is 202 Å². The first-order valence-corrected chi connectivity index (χ1v) is 11.4. The van der Waals surface area contributed by atoms with Crippen LogP contribution >= 0.6 is 0 Å². The van der Waals surface area contributed by atoms with Crippen molar-refractivity contribution in [3.05, 3.63) is 0 Å². The summed E-state index contributed by atoms with van der Waals surface area (Å²) in [5, 5.41) is 27.7. The van der Waals surface area contributed by atoms with E-state index >= 15 is 0 Å². The molecule has 0 aromatic rings.